The molecule has 1 aromatic carbocycles. The van der Waals surface area contributed by atoms with E-state index in [0.29, 0.717) is 29.3 Å². The second kappa shape index (κ2) is 6.93. The molecule has 0 saturated carbocycles. The lowest BCUT2D eigenvalue weighted by Crippen LogP contribution is -2.39. The number of halogens is 1. The molecule has 144 valence electrons. The Labute approximate surface area is 169 Å². The van der Waals surface area contributed by atoms with Crippen molar-refractivity contribution in [2.45, 2.75) is 42.9 Å². The molecule has 0 N–H and O–H groups in total. The van der Waals surface area contributed by atoms with Crippen LogP contribution in [0.3, 0.4) is 0 Å². The molecule has 9 heteroatoms. The molecule has 28 heavy (non-hydrogen) atoms. The number of hydrogen-bond acceptors (Lipinski definition) is 6. The van der Waals surface area contributed by atoms with Crippen molar-refractivity contribution >= 4 is 23.4 Å². The SMILES string of the molecule is O=c1cc2n(c(=O)n1Cc1nc(CC3SC3c3ccc(Cl)cc3)no1)CCC2. The third-order valence-electron chi connectivity index (χ3n) is 5.15. The summed E-state index contributed by atoms with van der Waals surface area (Å²) in [6, 6.07) is 9.40. The summed E-state index contributed by atoms with van der Waals surface area (Å²) < 4.78 is 8.10. The highest BCUT2D eigenvalue weighted by molar-refractivity contribution is 8.07. The zero-order chi connectivity index (χ0) is 19.3. The molecular weight excluding hydrogens is 400 g/mol. The fourth-order valence-electron chi connectivity index (χ4n) is 3.67. The lowest BCUT2D eigenvalue weighted by molar-refractivity contribution is 0.361. The summed E-state index contributed by atoms with van der Waals surface area (Å²) in [5.74, 6) is 0.875. The molecule has 0 bridgehead atoms. The number of aromatic nitrogens is 4. The van der Waals surface area contributed by atoms with Crippen LogP contribution < -0.4 is 11.2 Å². The molecule has 0 amide bonds. The molecule has 0 radical (unpaired) electrons. The van der Waals surface area contributed by atoms with E-state index in [-0.39, 0.29) is 23.7 Å². The van der Waals surface area contributed by atoms with E-state index in [0.717, 1.165) is 28.1 Å². The summed E-state index contributed by atoms with van der Waals surface area (Å²) in [5.41, 5.74) is 1.41. The molecule has 7 nitrogen and oxygen atoms in total. The molecule has 1 fully saturated rings. The maximum absolute atomic E-state index is 12.5. The van der Waals surface area contributed by atoms with Crippen molar-refractivity contribution in [2.75, 3.05) is 0 Å². The minimum atomic E-state index is -0.321. The predicted octanol–water partition coefficient (Wildman–Crippen LogP) is 2.44. The van der Waals surface area contributed by atoms with Gasteiger partial charge in [0, 0.05) is 40.2 Å². The first-order valence-electron chi connectivity index (χ1n) is 9.14. The van der Waals surface area contributed by atoms with Gasteiger partial charge in [0.15, 0.2) is 5.82 Å². The zero-order valence-corrected chi connectivity index (χ0v) is 16.4. The zero-order valence-electron chi connectivity index (χ0n) is 14.9. The number of rotatable bonds is 5. The average Bonchev–Trinajstić information content (AvgIpc) is 3.06. The number of aryl methyl sites for hydroxylation is 1. The lowest BCUT2D eigenvalue weighted by atomic mass is 10.1. The van der Waals surface area contributed by atoms with Crippen LogP contribution in [-0.2, 0) is 25.9 Å². The monoisotopic (exact) mass is 416 g/mol. The molecule has 0 spiro atoms. The lowest BCUT2D eigenvalue weighted by Gasteiger charge is -2.06. The Morgan fingerprint density at radius 1 is 1.25 bits per heavy atom. The van der Waals surface area contributed by atoms with E-state index < -0.39 is 0 Å². The van der Waals surface area contributed by atoms with Gasteiger partial charge in [0.25, 0.3) is 5.56 Å². The summed E-state index contributed by atoms with van der Waals surface area (Å²) in [4.78, 5) is 29.2. The highest BCUT2D eigenvalue weighted by atomic mass is 35.5. The summed E-state index contributed by atoms with van der Waals surface area (Å²) in [6.07, 6.45) is 2.33. The summed E-state index contributed by atoms with van der Waals surface area (Å²) >= 11 is 7.79. The summed E-state index contributed by atoms with van der Waals surface area (Å²) in [6.45, 7) is 0.651. The second-order valence-electron chi connectivity index (χ2n) is 7.05. The van der Waals surface area contributed by atoms with Crippen molar-refractivity contribution in [1.29, 1.82) is 0 Å². The summed E-state index contributed by atoms with van der Waals surface area (Å²) in [7, 11) is 0. The standard InChI is InChI=1S/C19H17ClN4O3S/c20-12-5-3-11(4-6-12)18-14(28-18)9-15-21-16(27-22-15)10-24-17(25)8-13-2-1-7-23(13)19(24)26/h3-6,8,14,18H,1-2,7,9-10H2. The normalized spacial score (nSPS) is 20.3. The predicted molar refractivity (Wildman–Crippen MR) is 106 cm³/mol. The first-order chi connectivity index (χ1) is 13.6. The van der Waals surface area contributed by atoms with E-state index in [1.807, 2.05) is 36.0 Å². The van der Waals surface area contributed by atoms with Gasteiger partial charge in [-0.2, -0.15) is 4.98 Å². The first-order valence-corrected chi connectivity index (χ1v) is 10.5. The van der Waals surface area contributed by atoms with Crippen LogP contribution in [0, 0.1) is 0 Å². The topological polar surface area (TPSA) is 82.9 Å². The highest BCUT2D eigenvalue weighted by Gasteiger charge is 2.40. The molecule has 1 saturated heterocycles. The average molecular weight is 417 g/mol. The van der Waals surface area contributed by atoms with Crippen molar-refractivity contribution in [2.24, 2.45) is 0 Å². The van der Waals surface area contributed by atoms with E-state index in [1.54, 1.807) is 4.57 Å². The minimum absolute atomic E-state index is 0.00334. The second-order valence-corrected chi connectivity index (χ2v) is 8.87. The molecule has 2 unspecified atom stereocenters. The molecular formula is C19H17ClN4O3S. The van der Waals surface area contributed by atoms with Crippen LogP contribution in [0.15, 0.2) is 44.4 Å². The maximum atomic E-state index is 12.5. The molecule has 5 rings (SSSR count). The van der Waals surface area contributed by atoms with Crippen molar-refractivity contribution in [1.82, 2.24) is 19.3 Å². The fraction of sp³-hybridized carbons (Fsp3) is 0.368. The van der Waals surface area contributed by atoms with Crippen LogP contribution in [0.25, 0.3) is 0 Å². The van der Waals surface area contributed by atoms with Crippen LogP contribution in [0.5, 0.6) is 0 Å². The number of benzene rings is 1. The Balaban J connectivity index is 1.28. The van der Waals surface area contributed by atoms with Crippen LogP contribution in [0.2, 0.25) is 5.02 Å². The Hall–Kier alpha value is -2.32. The largest absolute Gasteiger partial charge is 0.337 e. The molecule has 2 aromatic heterocycles. The van der Waals surface area contributed by atoms with Gasteiger partial charge < -0.3 is 4.52 Å². The summed E-state index contributed by atoms with van der Waals surface area (Å²) in [5, 5.41) is 5.54. The van der Waals surface area contributed by atoms with E-state index >= 15 is 0 Å². The van der Waals surface area contributed by atoms with E-state index in [2.05, 4.69) is 10.1 Å². The smallest absolute Gasteiger partial charge is 0.331 e. The van der Waals surface area contributed by atoms with Gasteiger partial charge in [-0.1, -0.05) is 28.9 Å². The Morgan fingerprint density at radius 2 is 2.07 bits per heavy atom. The minimum Gasteiger partial charge on any atom is -0.337 e. The number of hydrogen-bond donors (Lipinski definition) is 0. The van der Waals surface area contributed by atoms with E-state index in [1.165, 1.54) is 11.6 Å². The molecule has 3 aromatic rings. The molecule has 2 atom stereocenters. The third kappa shape index (κ3) is 3.31. The number of nitrogens with zero attached hydrogens (tertiary/aromatic N) is 4. The third-order valence-corrected chi connectivity index (χ3v) is 6.77. The van der Waals surface area contributed by atoms with Crippen molar-refractivity contribution < 1.29 is 4.52 Å². The fourth-order valence-corrected chi connectivity index (χ4v) is 4.89. The van der Waals surface area contributed by atoms with Crippen LogP contribution in [0.4, 0.5) is 0 Å². The van der Waals surface area contributed by atoms with Gasteiger partial charge in [0.1, 0.15) is 6.54 Å². The van der Waals surface area contributed by atoms with Crippen LogP contribution in [-0.4, -0.2) is 24.5 Å². The van der Waals surface area contributed by atoms with Gasteiger partial charge in [0.05, 0.1) is 0 Å². The molecule has 2 aliphatic rings. The van der Waals surface area contributed by atoms with Gasteiger partial charge in [0.2, 0.25) is 5.89 Å². The van der Waals surface area contributed by atoms with Crippen molar-refractivity contribution in [3.05, 3.63) is 79.2 Å². The first kappa shape index (κ1) is 17.8. The van der Waals surface area contributed by atoms with E-state index in [9.17, 15) is 9.59 Å². The van der Waals surface area contributed by atoms with Gasteiger partial charge in [-0.25, -0.2) is 4.79 Å². The van der Waals surface area contributed by atoms with Crippen LogP contribution >= 0.6 is 23.4 Å². The van der Waals surface area contributed by atoms with Gasteiger partial charge >= 0.3 is 5.69 Å². The number of fused-ring (bicyclic) bond motifs is 1. The molecule has 2 aliphatic heterocycles. The van der Waals surface area contributed by atoms with E-state index in [4.69, 9.17) is 16.1 Å². The Morgan fingerprint density at radius 3 is 2.89 bits per heavy atom. The quantitative estimate of drug-likeness (QED) is 0.594. The van der Waals surface area contributed by atoms with Crippen LogP contribution in [0.1, 0.15) is 34.6 Å². The Bertz CT molecular complexity index is 1150. The maximum Gasteiger partial charge on any atom is 0.331 e. The molecule has 4 heterocycles. The highest BCUT2D eigenvalue weighted by Crippen LogP contribution is 2.56. The number of thioether (sulfide) groups is 1. The van der Waals surface area contributed by atoms with Gasteiger partial charge in [-0.05, 0) is 30.5 Å². The van der Waals surface area contributed by atoms with Crippen molar-refractivity contribution in [3.63, 3.8) is 0 Å². The molecule has 0 aliphatic carbocycles. The van der Waals surface area contributed by atoms with Gasteiger partial charge in [-0.15, -0.1) is 11.8 Å². The Kier molecular flexibility index (Phi) is 4.40. The van der Waals surface area contributed by atoms with Crippen molar-refractivity contribution in [3.8, 4) is 0 Å². The van der Waals surface area contributed by atoms with Gasteiger partial charge in [-0.3, -0.25) is 13.9 Å².